The van der Waals surface area contributed by atoms with Crippen LogP contribution in [0.25, 0.3) is 22.3 Å². The maximum Gasteiger partial charge on any atom is 0.196 e. The lowest BCUT2D eigenvalue weighted by Crippen LogP contribution is -2.24. The Labute approximate surface area is 151 Å². The number of sulfone groups is 1. The largest absolute Gasteiger partial charge is 0.343 e. The molecule has 0 amide bonds. The summed E-state index contributed by atoms with van der Waals surface area (Å²) in [5.41, 5.74) is 1.50. The molecule has 8 heteroatoms. The van der Waals surface area contributed by atoms with E-state index in [1.807, 2.05) is 6.92 Å². The van der Waals surface area contributed by atoms with E-state index in [-0.39, 0.29) is 16.5 Å². The van der Waals surface area contributed by atoms with Gasteiger partial charge in [0.25, 0.3) is 0 Å². The lowest BCUT2D eigenvalue weighted by Gasteiger charge is -2.14. The second kappa shape index (κ2) is 5.90. The van der Waals surface area contributed by atoms with Crippen LogP contribution >= 0.6 is 0 Å². The van der Waals surface area contributed by atoms with E-state index in [4.69, 9.17) is 0 Å². The summed E-state index contributed by atoms with van der Waals surface area (Å²) < 4.78 is 42.2. The Morgan fingerprint density at radius 3 is 2.69 bits per heavy atom. The number of nitrogens with zero attached hydrogens (tertiary/aromatic N) is 3. The summed E-state index contributed by atoms with van der Waals surface area (Å²) in [6, 6.07) is 2.93. The highest BCUT2D eigenvalue weighted by Crippen LogP contribution is 2.37. The zero-order valence-corrected chi connectivity index (χ0v) is 15.8. The summed E-state index contributed by atoms with van der Waals surface area (Å²) in [7, 11) is -1.79. The fraction of sp³-hybridized carbons (Fsp3) is 0.444. The summed E-state index contributed by atoms with van der Waals surface area (Å²) in [4.78, 5) is 7.07. The molecule has 1 aliphatic carbocycles. The summed E-state index contributed by atoms with van der Waals surface area (Å²) in [5, 5.41) is 4.46. The van der Waals surface area contributed by atoms with E-state index in [1.165, 1.54) is 12.1 Å². The molecule has 1 aromatic carbocycles. The smallest absolute Gasteiger partial charge is 0.196 e. The van der Waals surface area contributed by atoms with Gasteiger partial charge in [0.2, 0.25) is 0 Å². The van der Waals surface area contributed by atoms with Gasteiger partial charge in [-0.2, -0.15) is 5.10 Å². The topological polar surface area (TPSA) is 80.6 Å². The Hall–Kier alpha value is -2.22. The Morgan fingerprint density at radius 2 is 2.08 bits per heavy atom. The molecule has 0 spiro atoms. The normalized spacial score (nSPS) is 20.9. The van der Waals surface area contributed by atoms with Crippen LogP contribution in [-0.2, 0) is 16.9 Å². The van der Waals surface area contributed by atoms with E-state index in [1.54, 1.807) is 25.0 Å². The fourth-order valence-electron chi connectivity index (χ4n) is 4.00. The van der Waals surface area contributed by atoms with Gasteiger partial charge in [-0.05, 0) is 43.4 Å². The third-order valence-electron chi connectivity index (χ3n) is 5.35. The van der Waals surface area contributed by atoms with E-state index < -0.39 is 20.9 Å². The van der Waals surface area contributed by atoms with E-state index in [2.05, 4.69) is 15.1 Å². The van der Waals surface area contributed by atoms with Gasteiger partial charge in [0.15, 0.2) is 15.7 Å². The molecule has 1 unspecified atom stereocenters. The fourth-order valence-corrected chi connectivity index (χ4v) is 6.08. The average molecular weight is 376 g/mol. The van der Waals surface area contributed by atoms with Gasteiger partial charge in [-0.25, -0.2) is 17.8 Å². The maximum absolute atomic E-state index is 14.5. The Kier molecular flexibility index (Phi) is 3.91. The molecule has 1 N–H and O–H groups in total. The number of rotatable bonds is 3. The standard InChI is InChI=1S/C18H21FN4O2S/c1-10-5-4-6-14(10)26(24,25)15-8-12-16(18-20-9-23(3)22-18)11(2)7-13(19)17(12)21-15/h7-10,14,21H,4-6H2,1-3H3/t10?,14-/m0/s1. The van der Waals surface area contributed by atoms with Gasteiger partial charge in [0, 0.05) is 18.0 Å². The van der Waals surface area contributed by atoms with E-state index in [9.17, 15) is 12.8 Å². The van der Waals surface area contributed by atoms with Crippen molar-refractivity contribution in [3.63, 3.8) is 0 Å². The highest BCUT2D eigenvalue weighted by molar-refractivity contribution is 7.92. The number of aromatic amines is 1. The van der Waals surface area contributed by atoms with Crippen LogP contribution in [0.5, 0.6) is 0 Å². The van der Waals surface area contributed by atoms with Crippen molar-refractivity contribution in [2.45, 2.75) is 43.4 Å². The average Bonchev–Trinajstić information content (AvgIpc) is 3.27. The van der Waals surface area contributed by atoms with Crippen molar-refractivity contribution in [2.24, 2.45) is 13.0 Å². The van der Waals surface area contributed by atoms with Crippen LogP contribution in [0, 0.1) is 18.7 Å². The highest BCUT2D eigenvalue weighted by Gasteiger charge is 2.37. The summed E-state index contributed by atoms with van der Waals surface area (Å²) >= 11 is 0. The lowest BCUT2D eigenvalue weighted by atomic mass is 10.0. The maximum atomic E-state index is 14.5. The minimum absolute atomic E-state index is 0.0768. The molecular weight excluding hydrogens is 355 g/mol. The number of nitrogens with one attached hydrogen (secondary N) is 1. The molecule has 2 aromatic heterocycles. The molecule has 26 heavy (non-hydrogen) atoms. The minimum Gasteiger partial charge on any atom is -0.343 e. The van der Waals surface area contributed by atoms with Crippen LogP contribution < -0.4 is 0 Å². The first kappa shape index (κ1) is 17.2. The SMILES string of the molecule is Cc1cc(F)c2[nH]c(S(=O)(=O)[C@H]3CCCC3C)cc2c1-c1ncn(C)n1. The number of benzene rings is 1. The van der Waals surface area contributed by atoms with Gasteiger partial charge in [0.05, 0.1) is 10.8 Å². The van der Waals surface area contributed by atoms with Gasteiger partial charge in [-0.1, -0.05) is 13.3 Å². The monoisotopic (exact) mass is 376 g/mol. The molecular formula is C18H21FN4O2S. The van der Waals surface area contributed by atoms with Crippen molar-refractivity contribution in [1.82, 2.24) is 19.7 Å². The van der Waals surface area contributed by atoms with Crippen molar-refractivity contribution in [3.8, 4) is 11.4 Å². The third-order valence-corrected chi connectivity index (χ3v) is 7.68. The first-order valence-corrected chi connectivity index (χ1v) is 10.3. The second-order valence-electron chi connectivity index (χ2n) is 7.21. The van der Waals surface area contributed by atoms with Crippen LogP contribution in [0.15, 0.2) is 23.5 Å². The van der Waals surface area contributed by atoms with E-state index >= 15 is 0 Å². The number of aromatic nitrogens is 4. The molecule has 6 nitrogen and oxygen atoms in total. The lowest BCUT2D eigenvalue weighted by molar-refractivity contribution is 0.542. The zero-order valence-electron chi connectivity index (χ0n) is 15.0. The number of halogens is 1. The van der Waals surface area contributed by atoms with Crippen molar-refractivity contribution in [3.05, 3.63) is 29.8 Å². The quantitative estimate of drug-likeness (QED) is 0.760. The highest BCUT2D eigenvalue weighted by atomic mass is 32.2. The first-order valence-electron chi connectivity index (χ1n) is 8.70. The predicted octanol–water partition coefficient (Wildman–Crippen LogP) is 3.37. The van der Waals surface area contributed by atoms with Gasteiger partial charge in [0.1, 0.15) is 17.2 Å². The molecule has 1 saturated carbocycles. The first-order chi connectivity index (χ1) is 12.3. The molecule has 2 atom stereocenters. The third kappa shape index (κ3) is 2.55. The van der Waals surface area contributed by atoms with Crippen LogP contribution in [0.3, 0.4) is 0 Å². The molecule has 2 heterocycles. The number of hydrogen-bond donors (Lipinski definition) is 1. The van der Waals surface area contributed by atoms with Crippen molar-refractivity contribution < 1.29 is 12.8 Å². The zero-order chi connectivity index (χ0) is 18.6. The van der Waals surface area contributed by atoms with Gasteiger partial charge in [-0.3, -0.25) is 4.68 Å². The molecule has 0 aliphatic heterocycles. The summed E-state index contributed by atoms with van der Waals surface area (Å²) in [5.74, 6) is 0.0835. The van der Waals surface area contributed by atoms with Crippen molar-refractivity contribution in [1.29, 1.82) is 0 Å². The van der Waals surface area contributed by atoms with Crippen LogP contribution in [0.2, 0.25) is 0 Å². The molecule has 138 valence electrons. The summed E-state index contributed by atoms with van der Waals surface area (Å²) in [6.45, 7) is 3.74. The number of hydrogen-bond acceptors (Lipinski definition) is 4. The number of fused-ring (bicyclic) bond motifs is 1. The molecule has 1 fully saturated rings. The van der Waals surface area contributed by atoms with Crippen LogP contribution in [0.1, 0.15) is 31.7 Å². The van der Waals surface area contributed by atoms with Gasteiger partial charge in [-0.15, -0.1) is 0 Å². The molecule has 0 radical (unpaired) electrons. The number of H-pyrrole nitrogens is 1. The summed E-state index contributed by atoms with van der Waals surface area (Å²) in [6.07, 6.45) is 4.02. The van der Waals surface area contributed by atoms with E-state index in [0.29, 0.717) is 28.8 Å². The Morgan fingerprint density at radius 1 is 1.31 bits per heavy atom. The Bertz CT molecular complexity index is 1100. The Balaban J connectivity index is 1.94. The predicted molar refractivity (Wildman–Crippen MR) is 97.0 cm³/mol. The van der Waals surface area contributed by atoms with Crippen molar-refractivity contribution in [2.75, 3.05) is 0 Å². The molecule has 3 aromatic rings. The number of aryl methyl sites for hydroxylation is 2. The second-order valence-corrected chi connectivity index (χ2v) is 9.34. The van der Waals surface area contributed by atoms with Gasteiger partial charge >= 0.3 is 0 Å². The molecule has 4 rings (SSSR count). The molecule has 0 saturated heterocycles. The van der Waals surface area contributed by atoms with E-state index in [0.717, 1.165) is 12.8 Å². The molecule has 1 aliphatic rings. The van der Waals surface area contributed by atoms with Crippen LogP contribution in [-0.4, -0.2) is 33.4 Å². The van der Waals surface area contributed by atoms with Crippen LogP contribution in [0.4, 0.5) is 4.39 Å². The molecule has 0 bridgehead atoms. The minimum atomic E-state index is -3.54. The van der Waals surface area contributed by atoms with Crippen molar-refractivity contribution >= 4 is 20.7 Å². The van der Waals surface area contributed by atoms with Gasteiger partial charge < -0.3 is 4.98 Å².